The molecule has 1 aliphatic carbocycles. The number of nitrogens with two attached hydrogens (primary N) is 1. The lowest BCUT2D eigenvalue weighted by Gasteiger charge is -2.15. The van der Waals surface area contributed by atoms with E-state index in [4.69, 9.17) is 10.5 Å². The summed E-state index contributed by atoms with van der Waals surface area (Å²) < 4.78 is 6.53. The molecule has 1 aromatic carbocycles. The molecule has 1 atom stereocenters. The predicted octanol–water partition coefficient (Wildman–Crippen LogP) is 2.71. The van der Waals surface area contributed by atoms with Gasteiger partial charge >= 0.3 is 0 Å². The van der Waals surface area contributed by atoms with Crippen LogP contribution >= 0.6 is 22.6 Å². The van der Waals surface area contributed by atoms with E-state index in [1.807, 2.05) is 12.1 Å². The minimum absolute atomic E-state index is 0.152. The highest BCUT2D eigenvalue weighted by molar-refractivity contribution is 14.1. The molecule has 76 valence electrons. The van der Waals surface area contributed by atoms with Crippen molar-refractivity contribution in [2.75, 3.05) is 7.11 Å². The summed E-state index contributed by atoms with van der Waals surface area (Å²) in [5, 5.41) is 0. The van der Waals surface area contributed by atoms with Crippen molar-refractivity contribution in [3.63, 3.8) is 0 Å². The highest BCUT2D eigenvalue weighted by Gasteiger charge is 2.31. The number of halogens is 1. The van der Waals surface area contributed by atoms with Gasteiger partial charge in [-0.2, -0.15) is 0 Å². The van der Waals surface area contributed by atoms with Crippen molar-refractivity contribution in [3.05, 3.63) is 27.3 Å². The van der Waals surface area contributed by atoms with Crippen LogP contribution in [0.3, 0.4) is 0 Å². The Kier molecular flexibility index (Phi) is 2.97. The van der Waals surface area contributed by atoms with Gasteiger partial charge in [-0.25, -0.2) is 0 Å². The highest BCUT2D eigenvalue weighted by Crippen LogP contribution is 2.42. The van der Waals surface area contributed by atoms with E-state index in [1.54, 1.807) is 7.11 Å². The van der Waals surface area contributed by atoms with Gasteiger partial charge in [0.25, 0.3) is 0 Å². The molecule has 2 N–H and O–H groups in total. The molecule has 1 aliphatic rings. The van der Waals surface area contributed by atoms with E-state index in [-0.39, 0.29) is 6.04 Å². The van der Waals surface area contributed by atoms with Crippen LogP contribution in [-0.4, -0.2) is 7.11 Å². The third kappa shape index (κ3) is 2.03. The number of benzene rings is 1. The monoisotopic (exact) mass is 303 g/mol. The maximum absolute atomic E-state index is 6.16. The number of hydrogen-bond acceptors (Lipinski definition) is 2. The Bertz CT molecular complexity index is 336. The Labute approximate surface area is 98.0 Å². The van der Waals surface area contributed by atoms with Crippen LogP contribution in [0.2, 0.25) is 0 Å². The summed E-state index contributed by atoms with van der Waals surface area (Å²) in [5.74, 6) is 1.59. The SMILES string of the molecule is COc1ccc(I)cc1[C@@H](N)C1CC1. The Morgan fingerprint density at radius 1 is 1.50 bits per heavy atom. The molecule has 2 nitrogen and oxygen atoms in total. The van der Waals surface area contributed by atoms with Gasteiger partial charge in [0.2, 0.25) is 0 Å². The highest BCUT2D eigenvalue weighted by atomic mass is 127. The van der Waals surface area contributed by atoms with Gasteiger partial charge in [-0.15, -0.1) is 0 Å². The fourth-order valence-corrected chi connectivity index (χ4v) is 2.19. The summed E-state index contributed by atoms with van der Waals surface area (Å²) in [6, 6.07) is 6.32. The zero-order chi connectivity index (χ0) is 10.1. The zero-order valence-corrected chi connectivity index (χ0v) is 10.3. The second-order valence-electron chi connectivity index (χ2n) is 3.75. The molecule has 14 heavy (non-hydrogen) atoms. The fourth-order valence-electron chi connectivity index (χ4n) is 1.67. The summed E-state index contributed by atoms with van der Waals surface area (Å²) in [6.07, 6.45) is 2.52. The van der Waals surface area contributed by atoms with Gasteiger partial charge in [-0.05, 0) is 59.5 Å². The summed E-state index contributed by atoms with van der Waals surface area (Å²) in [4.78, 5) is 0. The average Bonchev–Trinajstić information content (AvgIpc) is 3.00. The molecule has 1 aromatic rings. The molecule has 0 radical (unpaired) electrons. The molecule has 0 amide bonds. The van der Waals surface area contributed by atoms with Gasteiger partial charge in [-0.3, -0.25) is 0 Å². The van der Waals surface area contributed by atoms with Crippen molar-refractivity contribution in [3.8, 4) is 5.75 Å². The first kappa shape index (κ1) is 10.2. The van der Waals surface area contributed by atoms with Crippen molar-refractivity contribution >= 4 is 22.6 Å². The normalized spacial score (nSPS) is 17.9. The molecule has 0 saturated heterocycles. The molecule has 0 bridgehead atoms. The van der Waals surface area contributed by atoms with Gasteiger partial charge in [0.1, 0.15) is 5.75 Å². The molecule has 3 heteroatoms. The molecule has 0 aromatic heterocycles. The fraction of sp³-hybridized carbons (Fsp3) is 0.455. The van der Waals surface area contributed by atoms with Gasteiger partial charge in [0.15, 0.2) is 0 Å². The van der Waals surface area contributed by atoms with E-state index in [1.165, 1.54) is 16.4 Å². The molecule has 2 rings (SSSR count). The Morgan fingerprint density at radius 2 is 2.21 bits per heavy atom. The van der Waals surface area contributed by atoms with Crippen LogP contribution in [-0.2, 0) is 0 Å². The molecule has 0 aliphatic heterocycles. The number of methoxy groups -OCH3 is 1. The topological polar surface area (TPSA) is 35.2 Å². The van der Waals surface area contributed by atoms with Gasteiger partial charge in [0.05, 0.1) is 7.11 Å². The van der Waals surface area contributed by atoms with Crippen molar-refractivity contribution < 1.29 is 4.74 Å². The average molecular weight is 303 g/mol. The largest absolute Gasteiger partial charge is 0.496 e. The maximum atomic E-state index is 6.16. The quantitative estimate of drug-likeness (QED) is 0.871. The third-order valence-electron chi connectivity index (χ3n) is 2.68. The van der Waals surface area contributed by atoms with Crippen LogP contribution in [0.15, 0.2) is 18.2 Å². The van der Waals surface area contributed by atoms with Crippen LogP contribution in [0, 0.1) is 9.49 Å². The molecular weight excluding hydrogens is 289 g/mol. The number of hydrogen-bond donors (Lipinski definition) is 1. The Hall–Kier alpha value is -0.290. The second-order valence-corrected chi connectivity index (χ2v) is 5.00. The number of ether oxygens (including phenoxy) is 1. The van der Waals surface area contributed by atoms with E-state index in [2.05, 4.69) is 28.7 Å². The molecular formula is C11H14INO. The minimum Gasteiger partial charge on any atom is -0.496 e. The maximum Gasteiger partial charge on any atom is 0.123 e. The van der Waals surface area contributed by atoms with Crippen molar-refractivity contribution in [2.24, 2.45) is 11.7 Å². The number of rotatable bonds is 3. The molecule has 0 unspecified atom stereocenters. The van der Waals surface area contributed by atoms with Crippen LogP contribution in [0.25, 0.3) is 0 Å². The molecule has 0 spiro atoms. The first-order chi connectivity index (χ1) is 6.72. The zero-order valence-electron chi connectivity index (χ0n) is 8.16. The first-order valence-corrected chi connectivity index (χ1v) is 5.89. The minimum atomic E-state index is 0.152. The lowest BCUT2D eigenvalue weighted by molar-refractivity contribution is 0.403. The van der Waals surface area contributed by atoms with E-state index < -0.39 is 0 Å². The van der Waals surface area contributed by atoms with Crippen LogP contribution < -0.4 is 10.5 Å². The van der Waals surface area contributed by atoms with Crippen molar-refractivity contribution in [1.29, 1.82) is 0 Å². The lowest BCUT2D eigenvalue weighted by Crippen LogP contribution is -2.13. The summed E-state index contributed by atoms with van der Waals surface area (Å²) >= 11 is 2.30. The van der Waals surface area contributed by atoms with Crippen LogP contribution in [0.4, 0.5) is 0 Å². The smallest absolute Gasteiger partial charge is 0.123 e. The summed E-state index contributed by atoms with van der Waals surface area (Å²) in [6.45, 7) is 0. The van der Waals surface area contributed by atoms with E-state index >= 15 is 0 Å². The predicted molar refractivity (Wildman–Crippen MR) is 65.4 cm³/mol. The van der Waals surface area contributed by atoms with Crippen LogP contribution in [0.1, 0.15) is 24.4 Å². The molecule has 0 heterocycles. The van der Waals surface area contributed by atoms with Crippen molar-refractivity contribution in [2.45, 2.75) is 18.9 Å². The van der Waals surface area contributed by atoms with Gasteiger partial charge in [0, 0.05) is 15.2 Å². The van der Waals surface area contributed by atoms with Crippen LogP contribution in [0.5, 0.6) is 5.75 Å². The first-order valence-electron chi connectivity index (χ1n) is 4.81. The van der Waals surface area contributed by atoms with E-state index in [9.17, 15) is 0 Å². The summed E-state index contributed by atoms with van der Waals surface area (Å²) in [7, 11) is 1.70. The third-order valence-corrected chi connectivity index (χ3v) is 3.35. The molecule has 1 fully saturated rings. The second kappa shape index (κ2) is 4.06. The van der Waals surface area contributed by atoms with Crippen molar-refractivity contribution in [1.82, 2.24) is 0 Å². The van der Waals surface area contributed by atoms with Gasteiger partial charge < -0.3 is 10.5 Å². The summed E-state index contributed by atoms with van der Waals surface area (Å²) in [5.41, 5.74) is 7.32. The standard InChI is InChI=1S/C11H14INO/c1-14-10-5-4-8(12)6-9(10)11(13)7-2-3-7/h4-7,11H,2-3,13H2,1H3/t11-/m0/s1. The van der Waals surface area contributed by atoms with Gasteiger partial charge in [-0.1, -0.05) is 0 Å². The Morgan fingerprint density at radius 3 is 2.79 bits per heavy atom. The lowest BCUT2D eigenvalue weighted by atomic mass is 10.0. The van der Waals surface area contributed by atoms with E-state index in [0.29, 0.717) is 5.92 Å². The van der Waals surface area contributed by atoms with E-state index in [0.717, 1.165) is 11.3 Å². The molecule has 1 saturated carbocycles. The Balaban J connectivity index is 2.32.